The van der Waals surface area contributed by atoms with Crippen LogP contribution in [0.5, 0.6) is 11.5 Å². The molecule has 1 saturated heterocycles. The number of rotatable bonds is 5. The van der Waals surface area contributed by atoms with E-state index in [9.17, 15) is 14.0 Å². The van der Waals surface area contributed by atoms with Crippen LogP contribution in [0.15, 0.2) is 42.5 Å². The number of hydrogen-bond acceptors (Lipinski definition) is 4. The van der Waals surface area contributed by atoms with Crippen LogP contribution in [-0.2, 0) is 4.79 Å². The van der Waals surface area contributed by atoms with E-state index in [0.717, 1.165) is 6.42 Å². The summed E-state index contributed by atoms with van der Waals surface area (Å²) >= 11 is 0. The summed E-state index contributed by atoms with van der Waals surface area (Å²) < 4.78 is 23.6. The van der Waals surface area contributed by atoms with Gasteiger partial charge in [0.1, 0.15) is 17.3 Å². The van der Waals surface area contributed by atoms with Crippen LogP contribution in [0.25, 0.3) is 0 Å². The second kappa shape index (κ2) is 8.73. The fraction of sp³-hybridized carbons (Fsp3) is 0.333. The van der Waals surface area contributed by atoms with E-state index in [1.807, 2.05) is 0 Å². The number of nitrogens with one attached hydrogen (secondary N) is 1. The van der Waals surface area contributed by atoms with Gasteiger partial charge in [-0.25, -0.2) is 4.39 Å². The van der Waals surface area contributed by atoms with Crippen LogP contribution < -0.4 is 14.8 Å². The molecule has 0 radical (unpaired) electrons. The first kappa shape index (κ1) is 19.7. The van der Waals surface area contributed by atoms with Crippen LogP contribution in [-0.4, -0.2) is 44.0 Å². The van der Waals surface area contributed by atoms with Crippen LogP contribution in [0, 0.1) is 11.7 Å². The van der Waals surface area contributed by atoms with Gasteiger partial charge in [-0.3, -0.25) is 9.59 Å². The van der Waals surface area contributed by atoms with Crippen molar-refractivity contribution < 1.29 is 23.5 Å². The Bertz CT molecular complexity index is 854. The SMILES string of the molecule is COc1ccc(NC(=O)[C@@H]2CCCN(C(=O)c3ccc(F)cc3)C2)c(OC)c1. The van der Waals surface area contributed by atoms with Gasteiger partial charge in [-0.1, -0.05) is 0 Å². The molecule has 0 saturated carbocycles. The Balaban J connectivity index is 1.67. The van der Waals surface area contributed by atoms with Gasteiger partial charge < -0.3 is 19.7 Å². The lowest BCUT2D eigenvalue weighted by Crippen LogP contribution is -2.43. The van der Waals surface area contributed by atoms with Crippen molar-refractivity contribution >= 4 is 17.5 Å². The highest BCUT2D eigenvalue weighted by Gasteiger charge is 2.29. The first-order valence-corrected chi connectivity index (χ1v) is 9.09. The molecule has 0 bridgehead atoms. The minimum Gasteiger partial charge on any atom is -0.497 e. The van der Waals surface area contributed by atoms with Gasteiger partial charge in [0.05, 0.1) is 25.8 Å². The van der Waals surface area contributed by atoms with Crippen LogP contribution in [0.2, 0.25) is 0 Å². The van der Waals surface area contributed by atoms with Gasteiger partial charge in [0, 0.05) is 24.7 Å². The molecule has 6 nitrogen and oxygen atoms in total. The highest BCUT2D eigenvalue weighted by atomic mass is 19.1. The van der Waals surface area contributed by atoms with Crippen molar-refractivity contribution in [3.63, 3.8) is 0 Å². The fourth-order valence-electron chi connectivity index (χ4n) is 3.29. The number of amides is 2. The molecule has 148 valence electrons. The molecule has 28 heavy (non-hydrogen) atoms. The third kappa shape index (κ3) is 4.42. The molecule has 0 aromatic heterocycles. The third-order valence-corrected chi connectivity index (χ3v) is 4.84. The molecule has 1 aliphatic heterocycles. The largest absolute Gasteiger partial charge is 0.497 e. The number of ether oxygens (including phenoxy) is 2. The number of benzene rings is 2. The van der Waals surface area contributed by atoms with E-state index in [2.05, 4.69) is 5.32 Å². The Morgan fingerprint density at radius 2 is 1.86 bits per heavy atom. The van der Waals surface area contributed by atoms with Crippen LogP contribution >= 0.6 is 0 Å². The second-order valence-corrected chi connectivity index (χ2v) is 6.65. The highest BCUT2D eigenvalue weighted by Crippen LogP contribution is 2.30. The van der Waals surface area contributed by atoms with Gasteiger partial charge in [-0.05, 0) is 49.2 Å². The molecule has 2 amide bonds. The lowest BCUT2D eigenvalue weighted by atomic mass is 9.96. The topological polar surface area (TPSA) is 67.9 Å². The molecule has 1 N–H and O–H groups in total. The minimum absolute atomic E-state index is 0.167. The maximum absolute atomic E-state index is 13.1. The van der Waals surface area contributed by atoms with E-state index in [-0.39, 0.29) is 23.5 Å². The number of hydrogen-bond donors (Lipinski definition) is 1. The van der Waals surface area contributed by atoms with E-state index < -0.39 is 0 Å². The zero-order chi connectivity index (χ0) is 20.1. The van der Waals surface area contributed by atoms with Crippen LogP contribution in [0.4, 0.5) is 10.1 Å². The fourth-order valence-corrected chi connectivity index (χ4v) is 3.29. The van der Waals surface area contributed by atoms with Gasteiger partial charge in [0.15, 0.2) is 0 Å². The summed E-state index contributed by atoms with van der Waals surface area (Å²) in [4.78, 5) is 27.0. The second-order valence-electron chi connectivity index (χ2n) is 6.65. The first-order chi connectivity index (χ1) is 13.5. The minimum atomic E-state index is -0.388. The van der Waals surface area contributed by atoms with Crippen molar-refractivity contribution in [2.75, 3.05) is 32.6 Å². The van der Waals surface area contributed by atoms with E-state index >= 15 is 0 Å². The van der Waals surface area contributed by atoms with Crippen LogP contribution in [0.1, 0.15) is 23.2 Å². The van der Waals surface area contributed by atoms with E-state index in [0.29, 0.717) is 42.3 Å². The number of carbonyl (C=O) groups is 2. The zero-order valence-corrected chi connectivity index (χ0v) is 15.9. The molecule has 3 rings (SSSR count). The van der Waals surface area contributed by atoms with Crippen molar-refractivity contribution in [1.82, 2.24) is 4.90 Å². The lowest BCUT2D eigenvalue weighted by Gasteiger charge is -2.32. The zero-order valence-electron chi connectivity index (χ0n) is 15.9. The monoisotopic (exact) mass is 386 g/mol. The molecular formula is C21H23FN2O4. The van der Waals surface area contributed by atoms with Gasteiger partial charge in [-0.2, -0.15) is 0 Å². The number of halogens is 1. The Hall–Kier alpha value is -3.09. The molecule has 0 unspecified atom stereocenters. The van der Waals surface area contributed by atoms with Gasteiger partial charge in [0.2, 0.25) is 5.91 Å². The lowest BCUT2D eigenvalue weighted by molar-refractivity contribution is -0.121. The predicted octanol–water partition coefficient (Wildman–Crippen LogP) is 3.33. The van der Waals surface area contributed by atoms with Gasteiger partial charge >= 0.3 is 0 Å². The summed E-state index contributed by atoms with van der Waals surface area (Å²) in [6.45, 7) is 0.895. The van der Waals surface area contributed by atoms with E-state index in [1.165, 1.54) is 31.4 Å². The normalized spacial score (nSPS) is 16.4. The summed E-state index contributed by atoms with van der Waals surface area (Å²) in [6.07, 6.45) is 1.42. The number of anilines is 1. The summed E-state index contributed by atoms with van der Waals surface area (Å²) in [5, 5.41) is 2.88. The highest BCUT2D eigenvalue weighted by molar-refractivity contribution is 5.97. The molecule has 7 heteroatoms. The van der Waals surface area contributed by atoms with Crippen molar-refractivity contribution in [2.45, 2.75) is 12.8 Å². The van der Waals surface area contributed by atoms with Crippen molar-refractivity contribution in [3.05, 3.63) is 53.8 Å². The number of piperidine rings is 1. The quantitative estimate of drug-likeness (QED) is 0.856. The van der Waals surface area contributed by atoms with E-state index in [1.54, 1.807) is 30.2 Å². The molecular weight excluding hydrogens is 363 g/mol. The molecule has 1 atom stereocenters. The van der Waals surface area contributed by atoms with Gasteiger partial charge in [-0.15, -0.1) is 0 Å². The van der Waals surface area contributed by atoms with Crippen molar-refractivity contribution in [2.24, 2.45) is 5.92 Å². The Morgan fingerprint density at radius 1 is 1.11 bits per heavy atom. The average molecular weight is 386 g/mol. The Labute approximate surface area is 163 Å². The number of methoxy groups -OCH3 is 2. The molecule has 2 aromatic rings. The Kier molecular flexibility index (Phi) is 6.13. The van der Waals surface area contributed by atoms with Gasteiger partial charge in [0.25, 0.3) is 5.91 Å². The van der Waals surface area contributed by atoms with Crippen LogP contribution in [0.3, 0.4) is 0 Å². The standard InChI is InChI=1S/C21H23FN2O4/c1-27-17-9-10-18(19(12-17)28-2)23-20(25)15-4-3-11-24(13-15)21(26)14-5-7-16(22)8-6-14/h5-10,12,15H,3-4,11,13H2,1-2H3,(H,23,25)/t15-/m1/s1. The smallest absolute Gasteiger partial charge is 0.253 e. The summed E-state index contributed by atoms with van der Waals surface area (Å²) in [5.74, 6) is 0.0526. The third-order valence-electron chi connectivity index (χ3n) is 4.84. The Morgan fingerprint density at radius 3 is 2.54 bits per heavy atom. The average Bonchev–Trinajstić information content (AvgIpc) is 2.74. The molecule has 1 heterocycles. The summed E-state index contributed by atoms with van der Waals surface area (Å²) in [6, 6.07) is 10.6. The molecule has 0 spiro atoms. The predicted molar refractivity (Wildman–Crippen MR) is 103 cm³/mol. The molecule has 2 aromatic carbocycles. The number of nitrogens with zero attached hydrogens (tertiary/aromatic N) is 1. The maximum atomic E-state index is 13.1. The van der Waals surface area contributed by atoms with Crippen molar-refractivity contribution in [3.8, 4) is 11.5 Å². The molecule has 1 aliphatic rings. The molecule has 1 fully saturated rings. The maximum Gasteiger partial charge on any atom is 0.253 e. The summed E-state index contributed by atoms with van der Waals surface area (Å²) in [5.41, 5.74) is 0.967. The summed E-state index contributed by atoms with van der Waals surface area (Å²) in [7, 11) is 3.08. The first-order valence-electron chi connectivity index (χ1n) is 9.09. The number of likely N-dealkylation sites (tertiary alicyclic amines) is 1. The van der Waals surface area contributed by atoms with E-state index in [4.69, 9.17) is 9.47 Å². The molecule has 0 aliphatic carbocycles. The number of carbonyl (C=O) groups excluding carboxylic acids is 2. The van der Waals surface area contributed by atoms with Crippen molar-refractivity contribution in [1.29, 1.82) is 0 Å².